The fraction of sp³-hybridized carbons (Fsp3) is 0.137. The Balaban J connectivity index is 0.00000427. The predicted molar refractivity (Wildman–Crippen MR) is 220 cm³/mol. The molecule has 9 rings (SSSR count). The van der Waals surface area contributed by atoms with Crippen molar-refractivity contribution in [1.29, 1.82) is 0 Å². The molecule has 1 aliphatic carbocycles. The van der Waals surface area contributed by atoms with Gasteiger partial charge >= 0.3 is 0 Å². The van der Waals surface area contributed by atoms with E-state index in [1.165, 1.54) is 27.8 Å². The molecule has 7 aromatic rings. The molecule has 0 radical (unpaired) electrons. The Bertz CT molecular complexity index is 2400. The predicted octanol–water partition coefficient (Wildman–Crippen LogP) is 11.1. The van der Waals surface area contributed by atoms with Crippen molar-refractivity contribution >= 4 is 5.69 Å². The third-order valence-corrected chi connectivity index (χ3v) is 11.2. The van der Waals surface area contributed by atoms with Crippen LogP contribution < -0.4 is 4.90 Å². The van der Waals surface area contributed by atoms with Crippen molar-refractivity contribution in [3.8, 4) is 11.1 Å². The van der Waals surface area contributed by atoms with Crippen LogP contribution in [0.3, 0.4) is 0 Å². The summed E-state index contributed by atoms with van der Waals surface area (Å²) in [7, 11) is 2.04. The Morgan fingerprint density at radius 2 is 1.22 bits per heavy atom. The molecule has 0 saturated heterocycles. The molecule has 0 N–H and O–H groups in total. The Kier molecular flexibility index (Phi) is 9.48. The van der Waals surface area contributed by atoms with Crippen molar-refractivity contribution in [2.75, 3.05) is 11.9 Å². The van der Waals surface area contributed by atoms with Crippen LogP contribution in [0, 0.1) is 18.8 Å². The summed E-state index contributed by atoms with van der Waals surface area (Å²) in [5, 5.41) is 0. The van der Waals surface area contributed by atoms with Gasteiger partial charge in [-0.3, -0.25) is 4.98 Å². The van der Waals surface area contributed by atoms with E-state index >= 15 is 0 Å². The maximum absolute atomic E-state index is 6.03. The molecule has 2 heterocycles. The summed E-state index contributed by atoms with van der Waals surface area (Å²) in [6, 6.07) is 66.8. The molecule has 0 unspecified atom stereocenters. The Morgan fingerprint density at radius 1 is 0.618 bits per heavy atom. The zero-order valence-corrected chi connectivity index (χ0v) is 33.8. The zero-order chi connectivity index (χ0) is 36.9. The Morgan fingerprint density at radius 3 is 1.78 bits per heavy atom. The molecule has 1 aromatic heterocycles. The fourth-order valence-electron chi connectivity index (χ4n) is 8.62. The van der Waals surface area contributed by atoms with Gasteiger partial charge in [-0.2, -0.15) is 61.3 Å². The van der Waals surface area contributed by atoms with Crippen LogP contribution in [0.15, 0.2) is 176 Å². The second-order valence-corrected chi connectivity index (χ2v) is 15.4. The van der Waals surface area contributed by atoms with Crippen molar-refractivity contribution in [2.45, 2.75) is 37.0 Å². The zero-order valence-electron chi connectivity index (χ0n) is 31.5. The quantitative estimate of drug-likeness (QED) is 0.117. The first-order valence-corrected chi connectivity index (χ1v) is 18.7. The second-order valence-electron chi connectivity index (χ2n) is 15.4. The number of benzene rings is 6. The Hall–Kier alpha value is -5.50. The molecule has 0 spiro atoms. The summed E-state index contributed by atoms with van der Waals surface area (Å²) >= 11 is 0. The van der Waals surface area contributed by atoms with Gasteiger partial charge in [0.25, 0.3) is 0 Å². The van der Waals surface area contributed by atoms with Crippen LogP contribution in [0.5, 0.6) is 0 Å². The van der Waals surface area contributed by atoms with Crippen LogP contribution in [0.4, 0.5) is 5.69 Å². The van der Waals surface area contributed by atoms with Crippen molar-refractivity contribution in [2.24, 2.45) is 0 Å². The van der Waals surface area contributed by atoms with Gasteiger partial charge in [0.2, 0.25) is 0 Å². The number of pyridine rings is 1. The van der Waals surface area contributed by atoms with Gasteiger partial charge in [-0.15, -0.1) is 16.8 Å². The molecule has 2 aliphatic rings. The number of hydrogen-bond acceptors (Lipinski definition) is 3. The van der Waals surface area contributed by atoms with E-state index in [1.807, 2.05) is 13.1 Å². The average Bonchev–Trinajstić information content (AvgIpc) is 3.79. The number of aromatic nitrogens is 1. The van der Waals surface area contributed by atoms with Gasteiger partial charge in [-0.25, -0.2) is 0 Å². The molecule has 0 saturated carbocycles. The number of hydrogen-bond donors (Lipinski definition) is 0. The minimum Gasteiger partial charge on any atom is -0.510 e. The molecule has 4 heteroatoms. The van der Waals surface area contributed by atoms with Crippen molar-refractivity contribution in [3.63, 3.8) is 0 Å². The van der Waals surface area contributed by atoms with Crippen LogP contribution in [0.2, 0.25) is 0 Å². The number of anilines is 1. The van der Waals surface area contributed by atoms with Crippen LogP contribution in [0.1, 0.15) is 71.1 Å². The molecule has 55 heavy (non-hydrogen) atoms. The molecule has 3 nitrogen and oxygen atoms in total. The van der Waals surface area contributed by atoms with Gasteiger partial charge in [-0.1, -0.05) is 130 Å². The van der Waals surface area contributed by atoms with E-state index in [0.717, 1.165) is 39.3 Å². The summed E-state index contributed by atoms with van der Waals surface area (Å²) in [5.74, 6) is 0. The summed E-state index contributed by atoms with van der Waals surface area (Å²) in [6.07, 6.45) is 4.13. The third kappa shape index (κ3) is 5.88. The fourth-order valence-corrected chi connectivity index (χ4v) is 8.62. The summed E-state index contributed by atoms with van der Waals surface area (Å²) in [6.45, 7) is 8.99. The first kappa shape index (κ1) is 36.5. The van der Waals surface area contributed by atoms with E-state index < -0.39 is 10.8 Å². The average molecular weight is 892 g/mol. The first-order chi connectivity index (χ1) is 26.3. The number of fused-ring (bicyclic) bond motifs is 3. The van der Waals surface area contributed by atoms with Crippen LogP contribution in [-0.2, 0) is 37.3 Å². The largest absolute Gasteiger partial charge is 0.510 e. The first-order valence-electron chi connectivity index (χ1n) is 18.7. The van der Waals surface area contributed by atoms with Crippen LogP contribution in [-0.4, -0.2) is 16.9 Å². The van der Waals surface area contributed by atoms with E-state index in [4.69, 9.17) is 4.98 Å². The van der Waals surface area contributed by atoms with Crippen LogP contribution in [0.25, 0.3) is 11.1 Å². The topological polar surface area (TPSA) is 19.4 Å². The van der Waals surface area contributed by atoms with Gasteiger partial charge in [-0.05, 0) is 75.9 Å². The third-order valence-electron chi connectivity index (χ3n) is 11.2. The Labute approximate surface area is 340 Å². The summed E-state index contributed by atoms with van der Waals surface area (Å²) < 4.78 is 0. The summed E-state index contributed by atoms with van der Waals surface area (Å²) in [5.41, 5.74) is 11.6. The molecular formula is C51H42N3Pt-3. The maximum atomic E-state index is 6.03. The van der Waals surface area contributed by atoms with Gasteiger partial charge in [0.05, 0.1) is 22.2 Å². The molecular weight excluding hydrogens is 850 g/mol. The van der Waals surface area contributed by atoms with Gasteiger partial charge in [0.15, 0.2) is 0 Å². The normalized spacial score (nSPS) is 14.3. The monoisotopic (exact) mass is 891 g/mol. The molecule has 0 atom stereocenters. The minimum absolute atomic E-state index is 0. The van der Waals surface area contributed by atoms with E-state index in [2.05, 4.69) is 219 Å². The van der Waals surface area contributed by atoms with E-state index in [9.17, 15) is 0 Å². The minimum atomic E-state index is -0.830. The van der Waals surface area contributed by atoms with E-state index in [-0.39, 0.29) is 26.5 Å². The van der Waals surface area contributed by atoms with Crippen LogP contribution >= 0.6 is 0 Å². The number of rotatable bonds is 7. The maximum Gasteiger partial charge on any atom is 0.0662 e. The molecule has 274 valence electrons. The van der Waals surface area contributed by atoms with Crippen molar-refractivity contribution < 1.29 is 21.1 Å². The van der Waals surface area contributed by atoms with Crippen molar-refractivity contribution in [3.05, 3.63) is 245 Å². The molecule has 0 bridgehead atoms. The van der Waals surface area contributed by atoms with Crippen molar-refractivity contribution in [1.82, 2.24) is 9.88 Å². The SMILES string of the molecule is CN1C=CN(c2[c-]c(C(c3ccccc3)(c3ccccc3)c3cc(C(C)(C)C)cc(C4(c5[c-]cccc5)c5ccccc5-c5ccccc54)n3)ccc2)[CH-]1.[Pt]. The molecule has 0 amide bonds. The second kappa shape index (κ2) is 14.3. The summed E-state index contributed by atoms with van der Waals surface area (Å²) in [4.78, 5) is 10.2. The van der Waals surface area contributed by atoms with E-state index in [0.29, 0.717) is 0 Å². The molecule has 0 fully saturated rings. The van der Waals surface area contributed by atoms with Gasteiger partial charge < -0.3 is 9.80 Å². The molecule has 6 aromatic carbocycles. The van der Waals surface area contributed by atoms with Gasteiger partial charge in [0, 0.05) is 21.1 Å². The smallest absolute Gasteiger partial charge is 0.0662 e. The number of nitrogens with zero attached hydrogens (tertiary/aromatic N) is 3. The standard InChI is InChI=1S/C51H42N3.Pt/c1-49(2,3)41-34-47(52-48(35-41)51(39-23-12-7-13-24-39)45-29-16-14-27-43(45)44-28-15-17-30-46(44)51)50(37-19-8-5-9-20-37,38-21-10-6-11-22-38)40-25-18-26-42(33-40)54-32-31-53(4)36-54;/h5-23,25-32,34-36H,1-4H3;/q-3;. The van der Waals surface area contributed by atoms with Gasteiger partial charge in [0.1, 0.15) is 0 Å². The van der Waals surface area contributed by atoms with E-state index in [1.54, 1.807) is 0 Å². The molecule has 1 aliphatic heterocycles.